The summed E-state index contributed by atoms with van der Waals surface area (Å²) in [4.78, 5) is 11.7. The number of ether oxygens (including phenoxy) is 1. The fourth-order valence-corrected chi connectivity index (χ4v) is 2.46. The maximum Gasteiger partial charge on any atom is 0.301 e. The lowest BCUT2D eigenvalue weighted by Crippen LogP contribution is -2.29. The molecular formula is C19H18N2O3. The van der Waals surface area contributed by atoms with Crippen molar-refractivity contribution in [1.82, 2.24) is 5.43 Å². The molecule has 0 aliphatic carbocycles. The number of benzene rings is 2. The fourth-order valence-electron chi connectivity index (χ4n) is 2.46. The Morgan fingerprint density at radius 2 is 1.92 bits per heavy atom. The Bertz CT molecular complexity index is 812. The number of furan rings is 1. The minimum Gasteiger partial charge on any atom is -0.493 e. The summed E-state index contributed by atoms with van der Waals surface area (Å²) in [5.74, 6) is 5.63. The molecule has 0 bridgehead atoms. The SMILES string of the molecule is NNC(=O)c1occc1-c1cccc(OCCc2ccccc2)c1. The zero-order valence-corrected chi connectivity index (χ0v) is 13.1. The molecule has 0 aliphatic heterocycles. The van der Waals surface area contributed by atoms with E-state index in [1.54, 1.807) is 6.07 Å². The van der Waals surface area contributed by atoms with Crippen molar-refractivity contribution in [2.45, 2.75) is 6.42 Å². The Hall–Kier alpha value is -3.05. The van der Waals surface area contributed by atoms with Crippen LogP contribution in [-0.4, -0.2) is 12.5 Å². The van der Waals surface area contributed by atoms with Crippen LogP contribution in [-0.2, 0) is 6.42 Å². The summed E-state index contributed by atoms with van der Waals surface area (Å²) in [5.41, 5.74) is 4.81. The molecule has 1 aromatic heterocycles. The van der Waals surface area contributed by atoms with E-state index in [2.05, 4.69) is 17.6 Å². The molecule has 0 unspecified atom stereocenters. The van der Waals surface area contributed by atoms with E-state index in [4.69, 9.17) is 15.0 Å². The first-order valence-corrected chi connectivity index (χ1v) is 7.63. The molecular weight excluding hydrogens is 304 g/mol. The third-order valence-electron chi connectivity index (χ3n) is 3.65. The van der Waals surface area contributed by atoms with E-state index < -0.39 is 5.91 Å². The van der Waals surface area contributed by atoms with Crippen LogP contribution in [0.25, 0.3) is 11.1 Å². The number of nitrogens with one attached hydrogen (secondary N) is 1. The zero-order valence-electron chi connectivity index (χ0n) is 13.1. The fraction of sp³-hybridized carbons (Fsp3) is 0.105. The first-order chi connectivity index (χ1) is 11.8. The molecule has 2 aromatic carbocycles. The van der Waals surface area contributed by atoms with Gasteiger partial charge in [0, 0.05) is 12.0 Å². The molecule has 0 atom stereocenters. The van der Waals surface area contributed by atoms with E-state index in [0.717, 1.165) is 17.7 Å². The number of carbonyl (C=O) groups is 1. The minimum absolute atomic E-state index is 0.180. The van der Waals surface area contributed by atoms with Crippen molar-refractivity contribution in [2.75, 3.05) is 6.61 Å². The van der Waals surface area contributed by atoms with Crippen LogP contribution in [0.15, 0.2) is 71.3 Å². The van der Waals surface area contributed by atoms with Crippen molar-refractivity contribution in [1.29, 1.82) is 0 Å². The molecule has 3 N–H and O–H groups in total. The van der Waals surface area contributed by atoms with Gasteiger partial charge in [0.15, 0.2) is 5.76 Å². The maximum atomic E-state index is 11.7. The van der Waals surface area contributed by atoms with Crippen molar-refractivity contribution in [2.24, 2.45) is 5.84 Å². The highest BCUT2D eigenvalue weighted by Crippen LogP contribution is 2.28. The summed E-state index contributed by atoms with van der Waals surface area (Å²) < 4.78 is 11.0. The van der Waals surface area contributed by atoms with E-state index in [9.17, 15) is 4.79 Å². The first-order valence-electron chi connectivity index (χ1n) is 7.63. The minimum atomic E-state index is -0.467. The molecule has 1 amide bonds. The molecule has 122 valence electrons. The van der Waals surface area contributed by atoms with Gasteiger partial charge in [-0.05, 0) is 29.3 Å². The monoisotopic (exact) mass is 322 g/mol. The Kier molecular flexibility index (Phi) is 4.93. The number of amides is 1. The molecule has 0 radical (unpaired) electrons. The van der Waals surface area contributed by atoms with Crippen molar-refractivity contribution in [3.05, 3.63) is 78.3 Å². The lowest BCUT2D eigenvalue weighted by Gasteiger charge is -2.08. The summed E-state index contributed by atoms with van der Waals surface area (Å²) in [5, 5.41) is 0. The van der Waals surface area contributed by atoms with E-state index in [1.165, 1.54) is 11.8 Å². The lowest BCUT2D eigenvalue weighted by atomic mass is 10.1. The van der Waals surface area contributed by atoms with Crippen LogP contribution in [0.2, 0.25) is 0 Å². The second-order valence-electron chi connectivity index (χ2n) is 5.25. The molecule has 1 heterocycles. The van der Waals surface area contributed by atoms with Crippen molar-refractivity contribution >= 4 is 5.91 Å². The summed E-state index contributed by atoms with van der Waals surface area (Å²) in [6.07, 6.45) is 2.29. The predicted octanol–water partition coefficient (Wildman–Crippen LogP) is 3.17. The second-order valence-corrected chi connectivity index (χ2v) is 5.25. The van der Waals surface area contributed by atoms with Gasteiger partial charge < -0.3 is 9.15 Å². The smallest absolute Gasteiger partial charge is 0.301 e. The van der Waals surface area contributed by atoms with Crippen LogP contribution in [0.3, 0.4) is 0 Å². The predicted molar refractivity (Wildman–Crippen MR) is 91.4 cm³/mol. The van der Waals surface area contributed by atoms with Gasteiger partial charge in [-0.2, -0.15) is 0 Å². The van der Waals surface area contributed by atoms with Crippen molar-refractivity contribution < 1.29 is 13.9 Å². The van der Waals surface area contributed by atoms with Gasteiger partial charge in [-0.15, -0.1) is 0 Å². The molecule has 3 rings (SSSR count). The highest BCUT2D eigenvalue weighted by atomic mass is 16.5. The Morgan fingerprint density at radius 1 is 1.08 bits per heavy atom. The normalized spacial score (nSPS) is 10.4. The quantitative estimate of drug-likeness (QED) is 0.415. The molecule has 5 nitrogen and oxygen atoms in total. The number of nitrogen functional groups attached to an aromatic ring is 1. The van der Waals surface area contributed by atoms with Gasteiger partial charge in [0.05, 0.1) is 12.9 Å². The van der Waals surface area contributed by atoms with Crippen LogP contribution in [0, 0.1) is 0 Å². The number of hydrazine groups is 1. The molecule has 5 heteroatoms. The second kappa shape index (κ2) is 7.48. The average molecular weight is 322 g/mol. The molecule has 0 fully saturated rings. The summed E-state index contributed by atoms with van der Waals surface area (Å²) in [6, 6.07) is 19.4. The van der Waals surface area contributed by atoms with E-state index in [1.807, 2.05) is 42.5 Å². The maximum absolute atomic E-state index is 11.7. The zero-order chi connectivity index (χ0) is 16.8. The van der Waals surface area contributed by atoms with Crippen LogP contribution in [0.5, 0.6) is 5.75 Å². The number of hydrogen-bond acceptors (Lipinski definition) is 4. The van der Waals surface area contributed by atoms with Gasteiger partial charge in [0.1, 0.15) is 5.75 Å². The Labute approximate surface area is 140 Å². The topological polar surface area (TPSA) is 77.5 Å². The van der Waals surface area contributed by atoms with E-state index >= 15 is 0 Å². The number of nitrogens with two attached hydrogens (primary N) is 1. The largest absolute Gasteiger partial charge is 0.493 e. The van der Waals surface area contributed by atoms with Gasteiger partial charge in [-0.3, -0.25) is 10.2 Å². The van der Waals surface area contributed by atoms with Crippen LogP contribution in [0.4, 0.5) is 0 Å². The van der Waals surface area contributed by atoms with Gasteiger partial charge in [-0.25, -0.2) is 5.84 Å². The van der Waals surface area contributed by atoms with Crippen LogP contribution in [0.1, 0.15) is 16.1 Å². The van der Waals surface area contributed by atoms with E-state index in [0.29, 0.717) is 12.2 Å². The van der Waals surface area contributed by atoms with Gasteiger partial charge in [-0.1, -0.05) is 42.5 Å². The number of rotatable bonds is 6. The molecule has 3 aromatic rings. The highest BCUT2D eigenvalue weighted by molar-refractivity contribution is 5.97. The average Bonchev–Trinajstić information content (AvgIpc) is 3.12. The van der Waals surface area contributed by atoms with Crippen LogP contribution >= 0.6 is 0 Å². The molecule has 0 saturated heterocycles. The summed E-state index contributed by atoms with van der Waals surface area (Å²) in [6.45, 7) is 0.578. The number of hydrogen-bond donors (Lipinski definition) is 2. The third kappa shape index (κ3) is 3.64. The lowest BCUT2D eigenvalue weighted by molar-refractivity contribution is 0.0927. The molecule has 0 saturated carbocycles. The third-order valence-corrected chi connectivity index (χ3v) is 3.65. The molecule has 0 spiro atoms. The van der Waals surface area contributed by atoms with Crippen LogP contribution < -0.4 is 16.0 Å². The van der Waals surface area contributed by atoms with Gasteiger partial charge in [0.25, 0.3) is 0 Å². The number of carbonyl (C=O) groups excluding carboxylic acids is 1. The van der Waals surface area contributed by atoms with Crippen molar-refractivity contribution in [3.8, 4) is 16.9 Å². The summed E-state index contributed by atoms with van der Waals surface area (Å²) in [7, 11) is 0. The highest BCUT2D eigenvalue weighted by Gasteiger charge is 2.16. The molecule has 0 aliphatic rings. The Morgan fingerprint density at radius 3 is 2.71 bits per heavy atom. The van der Waals surface area contributed by atoms with Gasteiger partial charge in [0.2, 0.25) is 0 Å². The van der Waals surface area contributed by atoms with Crippen molar-refractivity contribution in [3.63, 3.8) is 0 Å². The summed E-state index contributed by atoms with van der Waals surface area (Å²) >= 11 is 0. The Balaban J connectivity index is 1.71. The first kappa shape index (κ1) is 15.8. The standard InChI is InChI=1S/C19H18N2O3/c20-21-19(22)18-17(10-12-24-18)15-7-4-8-16(13-15)23-11-9-14-5-2-1-3-6-14/h1-8,10,12-13H,9,11,20H2,(H,21,22). The molecule has 24 heavy (non-hydrogen) atoms. The van der Waals surface area contributed by atoms with Gasteiger partial charge >= 0.3 is 5.91 Å². The van der Waals surface area contributed by atoms with E-state index in [-0.39, 0.29) is 5.76 Å².